The van der Waals surface area contributed by atoms with Gasteiger partial charge in [0.05, 0.1) is 19.2 Å². The van der Waals surface area contributed by atoms with E-state index in [0.717, 1.165) is 11.8 Å². The summed E-state index contributed by atoms with van der Waals surface area (Å²) >= 11 is 0. The van der Waals surface area contributed by atoms with Crippen LogP contribution in [0.25, 0.3) is 17.0 Å². The van der Waals surface area contributed by atoms with E-state index in [1.807, 2.05) is 24.3 Å². The van der Waals surface area contributed by atoms with Crippen molar-refractivity contribution in [3.05, 3.63) is 70.8 Å². The Labute approximate surface area is 170 Å². The number of amides is 1. The Morgan fingerprint density at radius 1 is 1.17 bits per heavy atom. The minimum atomic E-state index is -0.515. The molecule has 4 rings (SSSR count). The molecule has 0 bridgehead atoms. The quantitative estimate of drug-likeness (QED) is 0.458. The molecule has 0 spiro atoms. The van der Waals surface area contributed by atoms with Crippen molar-refractivity contribution in [1.82, 2.24) is 25.1 Å². The molecule has 0 saturated carbocycles. The zero-order chi connectivity index (χ0) is 20.9. The van der Waals surface area contributed by atoms with Crippen LogP contribution in [0.5, 0.6) is 11.6 Å². The van der Waals surface area contributed by atoms with Gasteiger partial charge in [0.15, 0.2) is 11.5 Å². The lowest BCUT2D eigenvalue weighted by atomic mass is 10.2. The lowest BCUT2D eigenvalue weighted by Crippen LogP contribution is -2.28. The van der Waals surface area contributed by atoms with Crippen molar-refractivity contribution in [3.63, 3.8) is 0 Å². The van der Waals surface area contributed by atoms with Crippen LogP contribution in [0.1, 0.15) is 10.4 Å². The maximum atomic E-state index is 12.0. The van der Waals surface area contributed by atoms with Gasteiger partial charge in [-0.2, -0.15) is 4.52 Å². The average molecular weight is 407 g/mol. The van der Waals surface area contributed by atoms with E-state index in [0.29, 0.717) is 23.1 Å². The molecule has 4 aromatic rings. The van der Waals surface area contributed by atoms with E-state index in [4.69, 9.17) is 9.47 Å². The Kier molecular flexibility index (Phi) is 5.37. The molecule has 1 N–H and O–H groups in total. The molecule has 0 aliphatic rings. The van der Waals surface area contributed by atoms with Gasteiger partial charge in [-0.3, -0.25) is 4.79 Å². The van der Waals surface area contributed by atoms with Gasteiger partial charge in [0, 0.05) is 17.7 Å². The fourth-order valence-electron chi connectivity index (χ4n) is 2.70. The van der Waals surface area contributed by atoms with E-state index in [1.165, 1.54) is 12.1 Å². The summed E-state index contributed by atoms with van der Waals surface area (Å²) in [7, 11) is 1.59. The number of nitrogens with zero attached hydrogens (tertiary/aromatic N) is 4. The minimum absolute atomic E-state index is 0.192. The number of carbonyl (C=O) groups excluding carboxylic acids is 1. The zero-order valence-electron chi connectivity index (χ0n) is 15.9. The highest BCUT2D eigenvalue weighted by molar-refractivity contribution is 5.93. The van der Waals surface area contributed by atoms with E-state index in [2.05, 4.69) is 25.0 Å². The van der Waals surface area contributed by atoms with Crippen molar-refractivity contribution in [2.75, 3.05) is 20.3 Å². The van der Waals surface area contributed by atoms with Gasteiger partial charge in [0.1, 0.15) is 18.6 Å². The summed E-state index contributed by atoms with van der Waals surface area (Å²) in [6.07, 6.45) is 1.11. The third kappa shape index (κ3) is 4.12. The number of carbonyl (C=O) groups is 1. The van der Waals surface area contributed by atoms with Crippen LogP contribution in [0.3, 0.4) is 0 Å². The van der Waals surface area contributed by atoms with Crippen LogP contribution in [-0.2, 0) is 0 Å². The molecule has 3 aromatic heterocycles. The van der Waals surface area contributed by atoms with Crippen molar-refractivity contribution >= 4 is 11.6 Å². The highest BCUT2D eigenvalue weighted by Crippen LogP contribution is 2.23. The molecule has 10 heteroatoms. The first kappa shape index (κ1) is 19.1. The smallest absolute Gasteiger partial charge is 0.335 e. The van der Waals surface area contributed by atoms with Gasteiger partial charge in [0.25, 0.3) is 5.91 Å². The number of methoxy groups -OCH3 is 1. The topological polar surface area (TPSA) is 121 Å². The molecule has 1 amide bonds. The monoisotopic (exact) mass is 407 g/mol. The van der Waals surface area contributed by atoms with Crippen LogP contribution >= 0.6 is 0 Å². The number of nitrogens with one attached hydrogen (secondary N) is 1. The Morgan fingerprint density at radius 3 is 2.87 bits per heavy atom. The fraction of sp³-hybridized carbons (Fsp3) is 0.150. The van der Waals surface area contributed by atoms with Crippen LogP contribution in [-0.4, -0.2) is 46.0 Å². The number of benzene rings is 1. The van der Waals surface area contributed by atoms with Gasteiger partial charge in [-0.1, -0.05) is 12.1 Å². The first-order chi connectivity index (χ1) is 14.6. The molecule has 10 nitrogen and oxygen atoms in total. The van der Waals surface area contributed by atoms with E-state index in [1.54, 1.807) is 23.8 Å². The van der Waals surface area contributed by atoms with Crippen molar-refractivity contribution in [2.24, 2.45) is 0 Å². The lowest BCUT2D eigenvalue weighted by molar-refractivity contribution is 0.0944. The largest absolute Gasteiger partial charge is 0.497 e. The van der Waals surface area contributed by atoms with Crippen LogP contribution in [0.2, 0.25) is 0 Å². The number of rotatable bonds is 7. The Hall–Kier alpha value is -4.21. The molecule has 0 aliphatic heterocycles. The molecule has 0 fully saturated rings. The van der Waals surface area contributed by atoms with E-state index < -0.39 is 5.63 Å². The molecule has 3 heterocycles. The third-order valence-electron chi connectivity index (χ3n) is 4.17. The molecule has 0 unspecified atom stereocenters. The second-order valence-electron chi connectivity index (χ2n) is 6.14. The van der Waals surface area contributed by atoms with Gasteiger partial charge in [-0.25, -0.2) is 4.79 Å². The molecule has 30 heavy (non-hydrogen) atoms. The average Bonchev–Trinajstić information content (AvgIpc) is 3.20. The van der Waals surface area contributed by atoms with Crippen LogP contribution < -0.4 is 20.4 Å². The Morgan fingerprint density at radius 2 is 2.07 bits per heavy atom. The normalized spacial score (nSPS) is 10.7. The maximum Gasteiger partial charge on any atom is 0.335 e. The Balaban J connectivity index is 1.41. The highest BCUT2D eigenvalue weighted by Gasteiger charge is 2.11. The predicted molar refractivity (Wildman–Crippen MR) is 106 cm³/mol. The maximum absolute atomic E-state index is 12.0. The SMILES string of the molecule is COc1cccc(-c2nnc3ccc(OCCNC(=O)c4ccc(=O)oc4)nn23)c1. The van der Waals surface area contributed by atoms with E-state index in [-0.39, 0.29) is 24.6 Å². The van der Waals surface area contributed by atoms with Crippen molar-refractivity contribution in [1.29, 1.82) is 0 Å². The third-order valence-corrected chi connectivity index (χ3v) is 4.17. The number of ether oxygens (including phenoxy) is 2. The molecule has 152 valence electrons. The van der Waals surface area contributed by atoms with Gasteiger partial charge in [0.2, 0.25) is 5.88 Å². The molecule has 0 atom stereocenters. The summed E-state index contributed by atoms with van der Waals surface area (Å²) in [5.41, 5.74) is 1.10. The number of aromatic nitrogens is 4. The summed E-state index contributed by atoms with van der Waals surface area (Å²) in [4.78, 5) is 22.9. The molecule has 0 aliphatic carbocycles. The number of fused-ring (bicyclic) bond motifs is 1. The molecule has 1 aromatic carbocycles. The standard InChI is InChI=1S/C20H17N5O5/c1-28-15-4-2-3-13(11-15)19-23-22-16-6-7-17(24-25(16)19)29-10-9-21-20(27)14-5-8-18(26)30-12-14/h2-8,11-12H,9-10H2,1H3,(H,21,27). The molecule has 0 radical (unpaired) electrons. The zero-order valence-corrected chi connectivity index (χ0v) is 15.9. The van der Waals surface area contributed by atoms with Crippen LogP contribution in [0, 0.1) is 0 Å². The number of hydrogen-bond acceptors (Lipinski definition) is 8. The fourth-order valence-corrected chi connectivity index (χ4v) is 2.70. The number of hydrogen-bond donors (Lipinski definition) is 1. The first-order valence-corrected chi connectivity index (χ1v) is 9.01. The van der Waals surface area contributed by atoms with Gasteiger partial charge < -0.3 is 19.2 Å². The Bertz CT molecular complexity index is 1230. The summed E-state index contributed by atoms with van der Waals surface area (Å²) in [5, 5.41) is 15.4. The minimum Gasteiger partial charge on any atom is -0.497 e. The molecular formula is C20H17N5O5. The van der Waals surface area contributed by atoms with E-state index in [9.17, 15) is 9.59 Å². The lowest BCUT2D eigenvalue weighted by Gasteiger charge is -2.08. The molecular weight excluding hydrogens is 390 g/mol. The first-order valence-electron chi connectivity index (χ1n) is 9.01. The second-order valence-corrected chi connectivity index (χ2v) is 6.14. The summed E-state index contributed by atoms with van der Waals surface area (Å²) in [6.45, 7) is 0.431. The van der Waals surface area contributed by atoms with Gasteiger partial charge in [-0.15, -0.1) is 15.3 Å². The summed E-state index contributed by atoms with van der Waals surface area (Å²) < 4.78 is 17.1. The van der Waals surface area contributed by atoms with E-state index >= 15 is 0 Å². The second kappa shape index (κ2) is 8.43. The van der Waals surface area contributed by atoms with Crippen molar-refractivity contribution in [3.8, 4) is 23.0 Å². The van der Waals surface area contributed by atoms with Gasteiger partial charge in [-0.05, 0) is 24.3 Å². The van der Waals surface area contributed by atoms with Gasteiger partial charge >= 0.3 is 5.63 Å². The summed E-state index contributed by atoms with van der Waals surface area (Å²) in [5.74, 6) is 1.23. The highest BCUT2D eigenvalue weighted by atomic mass is 16.5. The van der Waals surface area contributed by atoms with Crippen LogP contribution in [0.15, 0.2) is 64.0 Å². The van der Waals surface area contributed by atoms with Crippen molar-refractivity contribution < 1.29 is 18.7 Å². The summed E-state index contributed by atoms with van der Waals surface area (Å²) in [6, 6.07) is 13.4. The van der Waals surface area contributed by atoms with Crippen LogP contribution in [0.4, 0.5) is 0 Å². The van der Waals surface area contributed by atoms with Crippen molar-refractivity contribution in [2.45, 2.75) is 0 Å². The predicted octanol–water partition coefficient (Wildman–Crippen LogP) is 1.56. The molecule has 0 saturated heterocycles.